The molecule has 0 bridgehead atoms. The number of carbonyl (C=O) groups is 2. The second-order valence-electron chi connectivity index (χ2n) is 9.75. The first-order chi connectivity index (χ1) is 18.9. The summed E-state index contributed by atoms with van der Waals surface area (Å²) in [7, 11) is 0. The number of hydrogen-bond acceptors (Lipinski definition) is 4. The van der Waals surface area contributed by atoms with E-state index in [0.29, 0.717) is 17.7 Å². The van der Waals surface area contributed by atoms with E-state index in [1.54, 1.807) is 0 Å². The first-order valence-electron chi connectivity index (χ1n) is 13.4. The van der Waals surface area contributed by atoms with Gasteiger partial charge in [0.1, 0.15) is 11.5 Å². The molecule has 0 aliphatic carbocycles. The molecule has 4 aromatic rings. The Balaban J connectivity index is 1.41. The summed E-state index contributed by atoms with van der Waals surface area (Å²) < 4.78 is 6.14. The number of aromatic nitrogens is 1. The van der Waals surface area contributed by atoms with Crippen molar-refractivity contribution in [2.45, 2.75) is 27.7 Å². The van der Waals surface area contributed by atoms with Crippen molar-refractivity contribution in [3.8, 4) is 22.6 Å². The zero-order valence-corrected chi connectivity index (χ0v) is 22.9. The van der Waals surface area contributed by atoms with Crippen molar-refractivity contribution >= 4 is 29.2 Å². The molecular formula is C32H34N4O3. The van der Waals surface area contributed by atoms with Gasteiger partial charge in [0.15, 0.2) is 0 Å². The summed E-state index contributed by atoms with van der Waals surface area (Å²) in [5.41, 5.74) is 6.94. The van der Waals surface area contributed by atoms with Crippen molar-refractivity contribution in [1.82, 2.24) is 15.2 Å². The molecule has 0 radical (unpaired) electrons. The largest absolute Gasteiger partial charge is 0.456 e. The van der Waals surface area contributed by atoms with Crippen LogP contribution < -0.4 is 10.6 Å². The second kappa shape index (κ2) is 11.2. The lowest BCUT2D eigenvalue weighted by Crippen LogP contribution is -2.35. The van der Waals surface area contributed by atoms with Crippen LogP contribution in [0.15, 0.2) is 65.1 Å². The number of likely N-dealkylation sites (N-methyl/N-ethyl adjacent to an activating group) is 1. The molecule has 0 fully saturated rings. The smallest absolute Gasteiger partial charge is 0.256 e. The number of anilines is 1. The number of H-pyrrole nitrogens is 1. The maximum atomic E-state index is 13.0. The van der Waals surface area contributed by atoms with Gasteiger partial charge >= 0.3 is 0 Å². The lowest BCUT2D eigenvalue weighted by atomic mass is 10.0. The van der Waals surface area contributed by atoms with E-state index >= 15 is 0 Å². The summed E-state index contributed by atoms with van der Waals surface area (Å²) in [5, 5.41) is 5.99. The number of aryl methyl sites for hydroxylation is 1. The van der Waals surface area contributed by atoms with Crippen LogP contribution in [0.2, 0.25) is 0 Å². The fourth-order valence-electron chi connectivity index (χ4n) is 5.09. The molecule has 2 amide bonds. The predicted molar refractivity (Wildman–Crippen MR) is 156 cm³/mol. The molecule has 200 valence electrons. The third kappa shape index (κ3) is 5.31. The number of nitrogens with one attached hydrogen (secondary N) is 3. The Labute approximate surface area is 228 Å². The van der Waals surface area contributed by atoms with Crippen LogP contribution in [0, 0.1) is 13.8 Å². The number of benzene rings is 2. The van der Waals surface area contributed by atoms with Crippen LogP contribution in [-0.4, -0.2) is 47.9 Å². The van der Waals surface area contributed by atoms with Gasteiger partial charge in [-0.15, -0.1) is 0 Å². The van der Waals surface area contributed by atoms with Crippen molar-refractivity contribution in [3.63, 3.8) is 0 Å². The fourth-order valence-corrected chi connectivity index (χ4v) is 5.09. The highest BCUT2D eigenvalue weighted by atomic mass is 16.3. The van der Waals surface area contributed by atoms with E-state index in [9.17, 15) is 9.59 Å². The van der Waals surface area contributed by atoms with Gasteiger partial charge in [0.2, 0.25) is 0 Å². The maximum Gasteiger partial charge on any atom is 0.256 e. The minimum atomic E-state index is -0.177. The SMILES string of the molecule is CCN(CC)CCNC(=O)c1c(C)[nH]c(C=C2C(=O)Nc3ccc(-c4ccc(-c5ccccc5)o4)cc32)c1C. The van der Waals surface area contributed by atoms with Gasteiger partial charge in [-0.3, -0.25) is 9.59 Å². The summed E-state index contributed by atoms with van der Waals surface area (Å²) >= 11 is 0. The van der Waals surface area contributed by atoms with Gasteiger partial charge in [-0.2, -0.15) is 0 Å². The Morgan fingerprint density at radius 2 is 1.69 bits per heavy atom. The number of hydrogen-bond donors (Lipinski definition) is 3. The van der Waals surface area contributed by atoms with E-state index in [-0.39, 0.29) is 11.8 Å². The van der Waals surface area contributed by atoms with Gasteiger partial charge in [0.05, 0.1) is 11.1 Å². The number of furan rings is 1. The molecule has 5 rings (SSSR count). The number of nitrogens with zero attached hydrogens (tertiary/aromatic N) is 1. The zero-order valence-electron chi connectivity index (χ0n) is 22.9. The van der Waals surface area contributed by atoms with Crippen LogP contribution in [0.5, 0.6) is 0 Å². The first kappa shape index (κ1) is 26.3. The molecule has 0 saturated carbocycles. The van der Waals surface area contributed by atoms with Crippen LogP contribution in [0.1, 0.15) is 46.7 Å². The first-order valence-corrected chi connectivity index (χ1v) is 13.4. The highest BCUT2D eigenvalue weighted by Crippen LogP contribution is 2.38. The fraction of sp³-hybridized carbons (Fsp3) is 0.250. The average Bonchev–Trinajstić information content (AvgIpc) is 3.63. The molecule has 0 spiro atoms. The Morgan fingerprint density at radius 1 is 0.974 bits per heavy atom. The summed E-state index contributed by atoms with van der Waals surface area (Å²) in [4.78, 5) is 31.6. The second-order valence-corrected chi connectivity index (χ2v) is 9.75. The predicted octanol–water partition coefficient (Wildman–Crippen LogP) is 6.12. The highest BCUT2D eigenvalue weighted by Gasteiger charge is 2.26. The molecule has 1 aliphatic heterocycles. The van der Waals surface area contributed by atoms with E-state index in [1.807, 2.05) is 80.6 Å². The molecule has 0 saturated heterocycles. The Morgan fingerprint density at radius 3 is 2.41 bits per heavy atom. The summed E-state index contributed by atoms with van der Waals surface area (Å²) in [6.45, 7) is 11.3. The summed E-state index contributed by atoms with van der Waals surface area (Å²) in [6.07, 6.45) is 1.83. The molecule has 3 heterocycles. The van der Waals surface area contributed by atoms with Crippen molar-refractivity contribution in [1.29, 1.82) is 0 Å². The normalized spacial score (nSPS) is 13.7. The van der Waals surface area contributed by atoms with Gasteiger partial charge in [-0.1, -0.05) is 44.2 Å². The van der Waals surface area contributed by atoms with Crippen LogP contribution in [0.3, 0.4) is 0 Å². The number of fused-ring (bicyclic) bond motifs is 1. The standard InChI is InChI=1S/C32H34N4O3/c1-5-36(6-2)17-16-33-32(38)30-20(3)27(34-21(30)4)19-25-24-18-23(12-13-26(24)35-31(25)37)29-15-14-28(39-29)22-10-8-7-9-11-22/h7-15,18-19,34H,5-6,16-17H2,1-4H3,(H,33,38)(H,35,37). The van der Waals surface area contributed by atoms with Gasteiger partial charge in [-0.05, 0) is 68.9 Å². The summed E-state index contributed by atoms with van der Waals surface area (Å²) in [6, 6.07) is 19.7. The third-order valence-electron chi connectivity index (χ3n) is 7.35. The Hall–Kier alpha value is -4.36. The molecule has 7 heteroatoms. The lowest BCUT2D eigenvalue weighted by molar-refractivity contribution is -0.110. The molecule has 0 unspecified atom stereocenters. The van der Waals surface area contributed by atoms with Gasteiger partial charge in [-0.25, -0.2) is 0 Å². The molecule has 2 aromatic carbocycles. The van der Waals surface area contributed by atoms with Crippen LogP contribution in [0.4, 0.5) is 5.69 Å². The molecule has 2 aromatic heterocycles. The Bertz CT molecular complexity index is 1540. The van der Waals surface area contributed by atoms with Crippen LogP contribution >= 0.6 is 0 Å². The molecule has 0 atom stereocenters. The van der Waals surface area contributed by atoms with Crippen LogP contribution in [-0.2, 0) is 4.79 Å². The van der Waals surface area contributed by atoms with E-state index in [1.165, 1.54) is 0 Å². The van der Waals surface area contributed by atoms with E-state index in [4.69, 9.17) is 4.42 Å². The molecule has 39 heavy (non-hydrogen) atoms. The number of carbonyl (C=O) groups excluding carboxylic acids is 2. The highest BCUT2D eigenvalue weighted by molar-refractivity contribution is 6.35. The van der Waals surface area contributed by atoms with Gasteiger partial charge in [0.25, 0.3) is 11.8 Å². The number of aromatic amines is 1. The van der Waals surface area contributed by atoms with E-state index in [0.717, 1.165) is 70.5 Å². The van der Waals surface area contributed by atoms with E-state index in [2.05, 4.69) is 34.4 Å². The lowest BCUT2D eigenvalue weighted by Gasteiger charge is -2.18. The Kier molecular flexibility index (Phi) is 7.52. The van der Waals surface area contributed by atoms with Crippen molar-refractivity contribution < 1.29 is 14.0 Å². The van der Waals surface area contributed by atoms with Crippen molar-refractivity contribution in [2.75, 3.05) is 31.5 Å². The minimum absolute atomic E-state index is 0.108. The van der Waals surface area contributed by atoms with Gasteiger partial charge < -0.3 is 24.9 Å². The van der Waals surface area contributed by atoms with Crippen LogP contribution in [0.25, 0.3) is 34.3 Å². The molecular weight excluding hydrogens is 488 g/mol. The quantitative estimate of drug-likeness (QED) is 0.231. The molecule has 1 aliphatic rings. The maximum absolute atomic E-state index is 13.0. The third-order valence-corrected chi connectivity index (χ3v) is 7.35. The van der Waals surface area contributed by atoms with Crippen molar-refractivity contribution in [3.05, 3.63) is 88.7 Å². The zero-order chi connectivity index (χ0) is 27.5. The minimum Gasteiger partial charge on any atom is -0.456 e. The topological polar surface area (TPSA) is 90.4 Å². The average molecular weight is 523 g/mol. The molecule has 3 N–H and O–H groups in total. The number of amides is 2. The van der Waals surface area contributed by atoms with E-state index < -0.39 is 0 Å². The van der Waals surface area contributed by atoms with Crippen molar-refractivity contribution in [2.24, 2.45) is 0 Å². The van der Waals surface area contributed by atoms with Gasteiger partial charge in [0, 0.05) is 46.9 Å². The number of rotatable bonds is 9. The summed E-state index contributed by atoms with van der Waals surface area (Å²) in [5.74, 6) is 1.23. The molecule has 7 nitrogen and oxygen atoms in total. The monoisotopic (exact) mass is 522 g/mol.